The fourth-order valence-electron chi connectivity index (χ4n) is 4.60. The number of benzene rings is 2. The summed E-state index contributed by atoms with van der Waals surface area (Å²) in [5.74, 6) is 1.54. The maximum atomic E-state index is 13.8. The maximum absolute atomic E-state index is 13.8. The summed E-state index contributed by atoms with van der Waals surface area (Å²) in [7, 11) is 3.32. The molecule has 8 nitrogen and oxygen atoms in total. The van der Waals surface area contributed by atoms with Gasteiger partial charge >= 0.3 is 0 Å². The van der Waals surface area contributed by atoms with Crippen molar-refractivity contribution in [2.45, 2.75) is 59.2 Å². The molecule has 0 aromatic heterocycles. The molecule has 1 amide bonds. The maximum Gasteiger partial charge on any atom is 0.254 e. The molecule has 2 aromatic carbocycles. The highest BCUT2D eigenvalue weighted by Gasteiger charge is 2.35. The van der Waals surface area contributed by atoms with Gasteiger partial charge < -0.3 is 34.9 Å². The van der Waals surface area contributed by atoms with Crippen LogP contribution in [0.2, 0.25) is 0 Å². The number of ether oxygens (including phenoxy) is 4. The summed E-state index contributed by atoms with van der Waals surface area (Å²) in [5.41, 5.74) is 8.26. The van der Waals surface area contributed by atoms with Crippen molar-refractivity contribution in [2.75, 3.05) is 52.9 Å². The van der Waals surface area contributed by atoms with Crippen LogP contribution in [-0.4, -0.2) is 70.0 Å². The number of nitrogen functional groups attached to an aromatic ring is 1. The lowest BCUT2D eigenvalue weighted by molar-refractivity contribution is 0.0154. The molecule has 0 saturated carbocycles. The quantitative estimate of drug-likeness (QED) is 0.285. The minimum Gasteiger partial charge on any atom is -0.497 e. The van der Waals surface area contributed by atoms with Crippen LogP contribution in [0.25, 0.3) is 0 Å². The van der Waals surface area contributed by atoms with E-state index in [4.69, 9.17) is 24.7 Å². The number of methoxy groups -OCH3 is 2. The first-order valence-electron chi connectivity index (χ1n) is 13.7. The number of nitrogens with zero attached hydrogens (tertiary/aromatic N) is 1. The Morgan fingerprint density at radius 1 is 1.13 bits per heavy atom. The van der Waals surface area contributed by atoms with Gasteiger partial charge in [-0.2, -0.15) is 0 Å². The number of rotatable bonds is 13. The lowest BCUT2D eigenvalue weighted by Gasteiger charge is -2.42. The van der Waals surface area contributed by atoms with Crippen molar-refractivity contribution in [3.8, 4) is 11.5 Å². The fourth-order valence-corrected chi connectivity index (χ4v) is 4.60. The Bertz CT molecular complexity index is 969. The van der Waals surface area contributed by atoms with Crippen LogP contribution >= 0.6 is 0 Å². The van der Waals surface area contributed by atoms with Crippen molar-refractivity contribution in [1.82, 2.24) is 10.2 Å². The summed E-state index contributed by atoms with van der Waals surface area (Å²) in [6, 6.07) is 13.2. The molecule has 0 bridgehead atoms. The van der Waals surface area contributed by atoms with Gasteiger partial charge in [-0.25, -0.2) is 0 Å². The third-order valence-corrected chi connectivity index (χ3v) is 6.48. The molecule has 1 saturated heterocycles. The van der Waals surface area contributed by atoms with Gasteiger partial charge in [0.1, 0.15) is 11.5 Å². The van der Waals surface area contributed by atoms with Crippen molar-refractivity contribution in [1.29, 1.82) is 0 Å². The summed E-state index contributed by atoms with van der Waals surface area (Å²) >= 11 is 0. The van der Waals surface area contributed by atoms with E-state index in [-0.39, 0.29) is 23.9 Å². The number of hydrogen-bond acceptors (Lipinski definition) is 7. The Kier molecular flexibility index (Phi) is 14.0. The van der Waals surface area contributed by atoms with Crippen LogP contribution in [0.3, 0.4) is 0 Å². The molecule has 3 N–H and O–H groups in total. The first-order chi connectivity index (χ1) is 18.4. The smallest absolute Gasteiger partial charge is 0.254 e. The molecule has 0 aliphatic carbocycles. The second kappa shape index (κ2) is 16.9. The Morgan fingerprint density at radius 3 is 2.63 bits per heavy atom. The molecule has 2 atom stereocenters. The average Bonchev–Trinajstić information content (AvgIpc) is 2.94. The minimum absolute atomic E-state index is 0.0141. The number of nitrogens with two attached hydrogens (primary N) is 1. The standard InChI is InChI=1S/C28H41N3O5.C2H6/c1-20(2)31(28(32)22-9-10-25(29)27(16-22)36-14-6-13-33-3)26-17-30-12-11-23(26)19-35-18-21-7-5-8-24(15-21)34-4;1-2/h5,7-10,15-16,20,23,26,30H,6,11-14,17-19,29H2,1-4H3;1-2H3. The van der Waals surface area contributed by atoms with Crippen molar-refractivity contribution in [3.05, 3.63) is 53.6 Å². The predicted octanol–water partition coefficient (Wildman–Crippen LogP) is 4.76. The van der Waals surface area contributed by atoms with E-state index in [1.807, 2.05) is 43.0 Å². The van der Waals surface area contributed by atoms with Crippen LogP contribution in [0.1, 0.15) is 56.5 Å². The van der Waals surface area contributed by atoms with E-state index in [0.717, 1.165) is 37.2 Å². The third-order valence-electron chi connectivity index (χ3n) is 6.48. The van der Waals surface area contributed by atoms with Gasteiger partial charge in [-0.1, -0.05) is 26.0 Å². The molecule has 212 valence electrons. The van der Waals surface area contributed by atoms with Gasteiger partial charge in [0.05, 0.1) is 32.6 Å². The number of carbonyl (C=O) groups is 1. The number of hydrogen-bond donors (Lipinski definition) is 2. The van der Waals surface area contributed by atoms with Crippen LogP contribution in [0.5, 0.6) is 11.5 Å². The van der Waals surface area contributed by atoms with Gasteiger partial charge in [0.25, 0.3) is 5.91 Å². The van der Waals surface area contributed by atoms with E-state index in [9.17, 15) is 4.79 Å². The van der Waals surface area contributed by atoms with Crippen molar-refractivity contribution >= 4 is 11.6 Å². The van der Waals surface area contributed by atoms with Crippen molar-refractivity contribution in [3.63, 3.8) is 0 Å². The number of nitrogens with one attached hydrogen (secondary N) is 1. The van der Waals surface area contributed by atoms with Crippen molar-refractivity contribution < 1.29 is 23.7 Å². The molecule has 1 aliphatic rings. The molecule has 1 aliphatic heterocycles. The lowest BCUT2D eigenvalue weighted by atomic mass is 9.90. The molecule has 8 heteroatoms. The van der Waals surface area contributed by atoms with Crippen LogP contribution < -0.4 is 20.5 Å². The van der Waals surface area contributed by atoms with E-state index in [2.05, 4.69) is 19.2 Å². The summed E-state index contributed by atoms with van der Waals surface area (Å²) < 4.78 is 22.4. The summed E-state index contributed by atoms with van der Waals surface area (Å²) in [6.07, 6.45) is 1.69. The molecule has 1 fully saturated rings. The highest BCUT2D eigenvalue weighted by atomic mass is 16.5. The normalized spacial score (nSPS) is 16.9. The highest BCUT2D eigenvalue weighted by molar-refractivity contribution is 5.95. The van der Waals surface area contributed by atoms with E-state index < -0.39 is 0 Å². The SMILES string of the molecule is CC.COCCCOc1cc(C(=O)N(C(C)C)C2CNCCC2COCc2cccc(OC)c2)ccc1N. The molecule has 0 spiro atoms. The van der Waals surface area contributed by atoms with E-state index in [0.29, 0.717) is 43.4 Å². The second-order valence-electron chi connectivity index (χ2n) is 9.44. The fraction of sp³-hybridized carbons (Fsp3) is 0.567. The summed E-state index contributed by atoms with van der Waals surface area (Å²) in [5, 5.41) is 3.47. The van der Waals surface area contributed by atoms with E-state index in [1.165, 1.54) is 0 Å². The van der Waals surface area contributed by atoms with Gasteiger partial charge in [-0.15, -0.1) is 0 Å². The molecule has 2 aromatic rings. The molecule has 1 heterocycles. The Hall–Kier alpha value is -2.81. The van der Waals surface area contributed by atoms with Gasteiger partial charge in [-0.3, -0.25) is 4.79 Å². The Balaban J connectivity index is 0.00000247. The average molecular weight is 530 g/mol. The van der Waals surface area contributed by atoms with Crippen LogP contribution in [0, 0.1) is 5.92 Å². The topological polar surface area (TPSA) is 95.3 Å². The van der Waals surface area contributed by atoms with Crippen molar-refractivity contribution in [2.24, 2.45) is 5.92 Å². The minimum atomic E-state index is -0.0294. The van der Waals surface area contributed by atoms with Gasteiger partial charge in [0.2, 0.25) is 0 Å². The zero-order valence-electron chi connectivity index (χ0n) is 24.0. The van der Waals surface area contributed by atoms with Crippen LogP contribution in [-0.2, 0) is 16.1 Å². The second-order valence-corrected chi connectivity index (χ2v) is 9.44. The number of anilines is 1. The van der Waals surface area contributed by atoms with Gasteiger partial charge in [-0.05, 0) is 62.7 Å². The molecule has 0 radical (unpaired) electrons. The number of piperidine rings is 1. The van der Waals surface area contributed by atoms with Gasteiger partial charge in [0.15, 0.2) is 0 Å². The monoisotopic (exact) mass is 529 g/mol. The van der Waals surface area contributed by atoms with Crippen LogP contribution in [0.15, 0.2) is 42.5 Å². The lowest BCUT2D eigenvalue weighted by Crippen LogP contribution is -2.56. The Morgan fingerprint density at radius 2 is 1.92 bits per heavy atom. The Labute approximate surface area is 228 Å². The first-order valence-corrected chi connectivity index (χ1v) is 13.7. The zero-order chi connectivity index (χ0) is 27.9. The highest BCUT2D eigenvalue weighted by Crippen LogP contribution is 2.28. The number of carbonyl (C=O) groups excluding carboxylic acids is 1. The zero-order valence-corrected chi connectivity index (χ0v) is 24.0. The van der Waals surface area contributed by atoms with Crippen LogP contribution in [0.4, 0.5) is 5.69 Å². The predicted molar refractivity (Wildman–Crippen MR) is 153 cm³/mol. The third kappa shape index (κ3) is 9.19. The van der Waals surface area contributed by atoms with Gasteiger partial charge in [0, 0.05) is 50.2 Å². The number of amides is 1. The molecule has 2 unspecified atom stereocenters. The molecule has 3 rings (SSSR count). The summed E-state index contributed by atoms with van der Waals surface area (Å²) in [4.78, 5) is 15.7. The molecular formula is C30H47N3O5. The molecular weight excluding hydrogens is 482 g/mol. The first kappa shape index (κ1) is 31.4. The largest absolute Gasteiger partial charge is 0.497 e. The van der Waals surface area contributed by atoms with E-state index >= 15 is 0 Å². The summed E-state index contributed by atoms with van der Waals surface area (Å²) in [6.45, 7) is 11.9. The van der Waals surface area contributed by atoms with E-state index in [1.54, 1.807) is 32.4 Å². The molecule has 38 heavy (non-hydrogen) atoms.